The first kappa shape index (κ1) is 13.5. The van der Waals surface area contributed by atoms with E-state index in [2.05, 4.69) is 28.3 Å². The summed E-state index contributed by atoms with van der Waals surface area (Å²) < 4.78 is 0.837. The molecule has 0 aromatic carbocycles. The standard InChI is InChI=1S/C13H16ClN3S/c1-2-5-17-12(10-7-15-9-16-8-10)6-11-3-4-13(14)18-11/h3-4,7-9,12,17H,2,5-6H2,1H3. The van der Waals surface area contributed by atoms with Crippen molar-refractivity contribution in [1.82, 2.24) is 15.3 Å². The van der Waals surface area contributed by atoms with E-state index >= 15 is 0 Å². The van der Waals surface area contributed by atoms with Crippen LogP contribution < -0.4 is 5.32 Å². The van der Waals surface area contributed by atoms with Crippen LogP contribution in [0.2, 0.25) is 4.34 Å². The van der Waals surface area contributed by atoms with Crippen LogP contribution in [0.4, 0.5) is 0 Å². The number of nitrogens with zero attached hydrogens (tertiary/aromatic N) is 2. The predicted molar refractivity (Wildman–Crippen MR) is 76.1 cm³/mol. The van der Waals surface area contributed by atoms with Gasteiger partial charge in [-0.05, 0) is 25.1 Å². The molecular weight excluding hydrogens is 266 g/mol. The van der Waals surface area contributed by atoms with Gasteiger partial charge >= 0.3 is 0 Å². The third-order valence-corrected chi connectivity index (χ3v) is 3.91. The Morgan fingerprint density at radius 3 is 2.72 bits per heavy atom. The Morgan fingerprint density at radius 1 is 1.33 bits per heavy atom. The molecule has 0 aliphatic rings. The molecule has 3 nitrogen and oxygen atoms in total. The highest BCUT2D eigenvalue weighted by Gasteiger charge is 2.13. The summed E-state index contributed by atoms with van der Waals surface area (Å²) in [7, 11) is 0. The fraction of sp³-hybridized carbons (Fsp3) is 0.385. The molecule has 18 heavy (non-hydrogen) atoms. The highest BCUT2D eigenvalue weighted by atomic mass is 35.5. The van der Waals surface area contributed by atoms with Gasteiger partial charge in [0.05, 0.1) is 4.34 Å². The van der Waals surface area contributed by atoms with Crippen LogP contribution in [-0.2, 0) is 6.42 Å². The Bertz CT molecular complexity index is 472. The zero-order valence-electron chi connectivity index (χ0n) is 10.3. The van der Waals surface area contributed by atoms with Gasteiger partial charge in [-0.3, -0.25) is 0 Å². The van der Waals surface area contributed by atoms with Gasteiger partial charge in [-0.25, -0.2) is 9.97 Å². The molecule has 2 aromatic rings. The maximum Gasteiger partial charge on any atom is 0.115 e. The van der Waals surface area contributed by atoms with Gasteiger partial charge in [-0.1, -0.05) is 18.5 Å². The first-order valence-corrected chi connectivity index (χ1v) is 7.21. The number of hydrogen-bond donors (Lipinski definition) is 1. The molecule has 96 valence electrons. The van der Waals surface area contributed by atoms with Crippen LogP contribution >= 0.6 is 22.9 Å². The van der Waals surface area contributed by atoms with Crippen molar-refractivity contribution in [2.45, 2.75) is 25.8 Å². The molecule has 0 radical (unpaired) electrons. The second kappa shape index (κ2) is 6.83. The number of hydrogen-bond acceptors (Lipinski definition) is 4. The van der Waals surface area contributed by atoms with E-state index in [4.69, 9.17) is 11.6 Å². The largest absolute Gasteiger partial charge is 0.310 e. The van der Waals surface area contributed by atoms with Crippen LogP contribution in [0.25, 0.3) is 0 Å². The molecule has 0 bridgehead atoms. The van der Waals surface area contributed by atoms with Crippen molar-refractivity contribution in [2.75, 3.05) is 6.54 Å². The van der Waals surface area contributed by atoms with Crippen molar-refractivity contribution in [3.63, 3.8) is 0 Å². The van der Waals surface area contributed by atoms with Gasteiger partial charge < -0.3 is 5.32 Å². The van der Waals surface area contributed by atoms with Gasteiger partial charge in [0.1, 0.15) is 6.33 Å². The third-order valence-electron chi connectivity index (χ3n) is 2.66. The summed E-state index contributed by atoms with van der Waals surface area (Å²) in [6, 6.07) is 4.28. The SMILES string of the molecule is CCCNC(Cc1ccc(Cl)s1)c1cncnc1. The molecular formula is C13H16ClN3S. The first-order chi connectivity index (χ1) is 8.79. The zero-order chi connectivity index (χ0) is 12.8. The molecule has 0 saturated heterocycles. The summed E-state index contributed by atoms with van der Waals surface area (Å²) in [6.07, 6.45) is 7.33. The lowest BCUT2D eigenvalue weighted by Crippen LogP contribution is -2.24. The van der Waals surface area contributed by atoms with Crippen LogP contribution in [-0.4, -0.2) is 16.5 Å². The van der Waals surface area contributed by atoms with E-state index in [0.29, 0.717) is 0 Å². The van der Waals surface area contributed by atoms with E-state index in [1.54, 1.807) is 17.7 Å². The molecule has 1 unspecified atom stereocenters. The van der Waals surface area contributed by atoms with Gasteiger partial charge in [-0.15, -0.1) is 11.3 Å². The molecule has 0 spiro atoms. The van der Waals surface area contributed by atoms with Crippen LogP contribution in [0.1, 0.15) is 29.8 Å². The molecule has 2 rings (SSSR count). The minimum absolute atomic E-state index is 0.251. The number of thiophene rings is 1. The van der Waals surface area contributed by atoms with Crippen LogP contribution in [0.15, 0.2) is 30.9 Å². The predicted octanol–water partition coefficient (Wildman–Crippen LogP) is 3.47. The summed E-state index contributed by atoms with van der Waals surface area (Å²) in [4.78, 5) is 9.45. The topological polar surface area (TPSA) is 37.8 Å². The maximum atomic E-state index is 5.97. The fourth-order valence-corrected chi connectivity index (χ4v) is 2.91. The third kappa shape index (κ3) is 3.77. The zero-order valence-corrected chi connectivity index (χ0v) is 11.8. The van der Waals surface area contributed by atoms with Crippen molar-refractivity contribution < 1.29 is 0 Å². The summed E-state index contributed by atoms with van der Waals surface area (Å²) in [5.74, 6) is 0. The average Bonchev–Trinajstić information content (AvgIpc) is 2.81. The molecule has 5 heteroatoms. The van der Waals surface area contributed by atoms with Gasteiger partial charge in [0.2, 0.25) is 0 Å². The minimum Gasteiger partial charge on any atom is -0.310 e. The number of halogens is 1. The van der Waals surface area contributed by atoms with Crippen molar-refractivity contribution in [3.8, 4) is 0 Å². The van der Waals surface area contributed by atoms with E-state index in [0.717, 1.165) is 29.3 Å². The quantitative estimate of drug-likeness (QED) is 0.881. The Hall–Kier alpha value is -0.970. The van der Waals surface area contributed by atoms with Crippen molar-refractivity contribution >= 4 is 22.9 Å². The lowest BCUT2D eigenvalue weighted by Gasteiger charge is -2.17. The number of rotatable bonds is 6. The highest BCUT2D eigenvalue weighted by molar-refractivity contribution is 7.16. The number of nitrogens with one attached hydrogen (secondary N) is 1. The van der Waals surface area contributed by atoms with E-state index in [9.17, 15) is 0 Å². The molecule has 2 heterocycles. The summed E-state index contributed by atoms with van der Waals surface area (Å²) >= 11 is 7.60. The van der Waals surface area contributed by atoms with Crippen molar-refractivity contribution in [1.29, 1.82) is 0 Å². The van der Waals surface area contributed by atoms with Gasteiger partial charge in [0, 0.05) is 35.3 Å². The minimum atomic E-state index is 0.251. The second-order valence-electron chi connectivity index (χ2n) is 4.09. The van der Waals surface area contributed by atoms with Crippen molar-refractivity contribution in [2.24, 2.45) is 0 Å². The Kier molecular flexibility index (Phi) is 5.11. The molecule has 0 amide bonds. The average molecular weight is 282 g/mol. The summed E-state index contributed by atoms with van der Waals surface area (Å²) in [6.45, 7) is 3.15. The highest BCUT2D eigenvalue weighted by Crippen LogP contribution is 2.26. The lowest BCUT2D eigenvalue weighted by atomic mass is 10.1. The summed E-state index contributed by atoms with van der Waals surface area (Å²) in [5.41, 5.74) is 1.12. The molecule has 0 aliphatic heterocycles. The van der Waals surface area contributed by atoms with Crippen molar-refractivity contribution in [3.05, 3.63) is 45.6 Å². The summed E-state index contributed by atoms with van der Waals surface area (Å²) in [5, 5.41) is 3.53. The molecule has 0 aliphatic carbocycles. The van der Waals surface area contributed by atoms with E-state index in [1.165, 1.54) is 4.88 Å². The maximum absolute atomic E-state index is 5.97. The van der Waals surface area contributed by atoms with Gasteiger partial charge in [0.25, 0.3) is 0 Å². The molecule has 1 atom stereocenters. The van der Waals surface area contributed by atoms with Gasteiger partial charge in [0.15, 0.2) is 0 Å². The smallest absolute Gasteiger partial charge is 0.115 e. The monoisotopic (exact) mass is 281 g/mol. The Labute approximate surface area is 116 Å². The number of aromatic nitrogens is 2. The van der Waals surface area contributed by atoms with E-state index in [-0.39, 0.29) is 6.04 Å². The fourth-order valence-electron chi connectivity index (χ4n) is 1.78. The first-order valence-electron chi connectivity index (χ1n) is 6.02. The lowest BCUT2D eigenvalue weighted by molar-refractivity contribution is 0.529. The molecule has 1 N–H and O–H groups in total. The normalized spacial score (nSPS) is 12.6. The van der Waals surface area contributed by atoms with Crippen LogP contribution in [0, 0.1) is 0 Å². The van der Waals surface area contributed by atoms with Crippen LogP contribution in [0.5, 0.6) is 0 Å². The van der Waals surface area contributed by atoms with Gasteiger partial charge in [-0.2, -0.15) is 0 Å². The Morgan fingerprint density at radius 2 is 2.11 bits per heavy atom. The second-order valence-corrected chi connectivity index (χ2v) is 5.89. The Balaban J connectivity index is 2.10. The van der Waals surface area contributed by atoms with Crippen LogP contribution in [0.3, 0.4) is 0 Å². The molecule has 0 fully saturated rings. The molecule has 2 aromatic heterocycles. The van der Waals surface area contributed by atoms with E-state index < -0.39 is 0 Å². The molecule has 0 saturated carbocycles. The van der Waals surface area contributed by atoms with E-state index in [1.807, 2.05) is 18.5 Å².